The fraction of sp³-hybridized carbons (Fsp3) is 0.533. The number of carbonyl (C=O) groups excluding carboxylic acids is 1. The van der Waals surface area contributed by atoms with Gasteiger partial charge in [-0.2, -0.15) is 0 Å². The predicted molar refractivity (Wildman–Crippen MR) is 83.0 cm³/mol. The van der Waals surface area contributed by atoms with E-state index in [4.69, 9.17) is 10.8 Å². The average molecular weight is 299 g/mol. The van der Waals surface area contributed by atoms with Crippen LogP contribution in [0.2, 0.25) is 0 Å². The fourth-order valence-corrected chi connectivity index (χ4v) is 2.65. The number of aliphatic hydroxyl groups is 1. The lowest BCUT2D eigenvalue weighted by Crippen LogP contribution is -2.28. The van der Waals surface area contributed by atoms with Gasteiger partial charge < -0.3 is 16.2 Å². The Morgan fingerprint density at radius 2 is 2.00 bits per heavy atom. The summed E-state index contributed by atoms with van der Waals surface area (Å²) in [5, 5.41) is 11.7. The number of nitrogens with two attached hydrogens (primary N) is 1. The number of anilines is 1. The summed E-state index contributed by atoms with van der Waals surface area (Å²) in [6, 6.07) is 7.77. The first-order valence-corrected chi connectivity index (χ1v) is 6.94. The Balaban J connectivity index is 0.00000200. The molecule has 1 aromatic rings. The highest BCUT2D eigenvalue weighted by molar-refractivity contribution is 5.90. The van der Waals surface area contributed by atoms with Crippen LogP contribution in [0.25, 0.3) is 0 Å². The third-order valence-corrected chi connectivity index (χ3v) is 3.80. The summed E-state index contributed by atoms with van der Waals surface area (Å²) in [5.74, 6) is 0.367. The van der Waals surface area contributed by atoms with E-state index in [0.29, 0.717) is 18.8 Å². The summed E-state index contributed by atoms with van der Waals surface area (Å²) in [6.07, 6.45) is 4.39. The molecular weight excluding hydrogens is 276 g/mol. The van der Waals surface area contributed by atoms with Crippen LogP contribution in [0.1, 0.15) is 31.2 Å². The first kappa shape index (κ1) is 17.0. The van der Waals surface area contributed by atoms with Gasteiger partial charge in [0.05, 0.1) is 0 Å². The van der Waals surface area contributed by atoms with Gasteiger partial charge in [-0.05, 0) is 42.9 Å². The lowest BCUT2D eigenvalue weighted by atomic mass is 10.00. The Morgan fingerprint density at radius 3 is 2.55 bits per heavy atom. The molecule has 2 atom stereocenters. The Bertz CT molecular complexity index is 422. The zero-order valence-electron chi connectivity index (χ0n) is 11.5. The lowest BCUT2D eigenvalue weighted by Gasteiger charge is -2.14. The van der Waals surface area contributed by atoms with Gasteiger partial charge in [0, 0.05) is 24.8 Å². The van der Waals surface area contributed by atoms with Gasteiger partial charge >= 0.3 is 0 Å². The van der Waals surface area contributed by atoms with Crippen molar-refractivity contribution in [3.63, 3.8) is 0 Å². The monoisotopic (exact) mass is 298 g/mol. The molecule has 1 saturated carbocycles. The highest BCUT2D eigenvalue weighted by Crippen LogP contribution is 2.27. The molecule has 0 unspecified atom stereocenters. The largest absolute Gasteiger partial charge is 0.396 e. The Labute approximate surface area is 126 Å². The lowest BCUT2D eigenvalue weighted by molar-refractivity contribution is -0.117. The van der Waals surface area contributed by atoms with Crippen LogP contribution in [0.15, 0.2) is 24.3 Å². The number of hydrogen-bond donors (Lipinski definition) is 3. The van der Waals surface area contributed by atoms with Crippen molar-refractivity contribution in [2.24, 2.45) is 11.7 Å². The van der Waals surface area contributed by atoms with Crippen LogP contribution in [-0.2, 0) is 11.2 Å². The van der Waals surface area contributed by atoms with Crippen LogP contribution in [-0.4, -0.2) is 23.7 Å². The quantitative estimate of drug-likeness (QED) is 0.779. The van der Waals surface area contributed by atoms with E-state index in [1.807, 2.05) is 24.3 Å². The summed E-state index contributed by atoms with van der Waals surface area (Å²) in [6.45, 7) is 0.144. The number of amides is 1. The molecule has 2 rings (SSSR count). The number of carbonyl (C=O) groups is 1. The Hall–Kier alpha value is -1.10. The molecule has 0 aromatic heterocycles. The van der Waals surface area contributed by atoms with E-state index in [0.717, 1.165) is 30.5 Å². The zero-order valence-corrected chi connectivity index (χ0v) is 12.4. The molecule has 1 aliphatic rings. The normalized spacial score (nSPS) is 21.3. The molecular formula is C15H23ClN2O2. The van der Waals surface area contributed by atoms with Gasteiger partial charge in [0.2, 0.25) is 5.91 Å². The van der Waals surface area contributed by atoms with Gasteiger partial charge in [0.15, 0.2) is 0 Å². The molecule has 1 aromatic carbocycles. The summed E-state index contributed by atoms with van der Waals surface area (Å²) in [4.78, 5) is 11.9. The minimum atomic E-state index is 0. The van der Waals surface area contributed by atoms with Crippen LogP contribution in [0.5, 0.6) is 0 Å². The maximum Gasteiger partial charge on any atom is 0.224 e. The molecule has 0 aliphatic heterocycles. The van der Waals surface area contributed by atoms with Crippen LogP contribution in [0.4, 0.5) is 5.69 Å². The Morgan fingerprint density at radius 1 is 1.30 bits per heavy atom. The summed E-state index contributed by atoms with van der Waals surface area (Å²) >= 11 is 0. The van der Waals surface area contributed by atoms with Crippen molar-refractivity contribution in [1.82, 2.24) is 0 Å². The number of halogens is 1. The van der Waals surface area contributed by atoms with Crippen molar-refractivity contribution in [1.29, 1.82) is 0 Å². The average Bonchev–Trinajstić information content (AvgIpc) is 2.78. The number of rotatable bonds is 5. The minimum absolute atomic E-state index is 0. The maximum absolute atomic E-state index is 11.9. The van der Waals surface area contributed by atoms with Crippen molar-refractivity contribution < 1.29 is 9.90 Å². The topological polar surface area (TPSA) is 75.4 Å². The van der Waals surface area contributed by atoms with Gasteiger partial charge in [-0.1, -0.05) is 18.6 Å². The summed E-state index contributed by atoms with van der Waals surface area (Å²) in [7, 11) is 0. The van der Waals surface area contributed by atoms with E-state index in [2.05, 4.69) is 5.32 Å². The van der Waals surface area contributed by atoms with Gasteiger partial charge in [-0.3, -0.25) is 4.79 Å². The molecule has 0 heterocycles. The molecule has 0 spiro atoms. The third-order valence-electron chi connectivity index (χ3n) is 3.80. The van der Waals surface area contributed by atoms with Crippen molar-refractivity contribution >= 4 is 24.0 Å². The molecule has 0 saturated heterocycles. The molecule has 0 radical (unpaired) electrons. The van der Waals surface area contributed by atoms with Crippen molar-refractivity contribution in [3.05, 3.63) is 29.8 Å². The first-order chi connectivity index (χ1) is 9.19. The third kappa shape index (κ3) is 4.78. The smallest absolute Gasteiger partial charge is 0.224 e. The van der Waals surface area contributed by atoms with Gasteiger partial charge in [-0.25, -0.2) is 0 Å². The van der Waals surface area contributed by atoms with Gasteiger partial charge in [-0.15, -0.1) is 12.4 Å². The van der Waals surface area contributed by atoms with Crippen LogP contribution < -0.4 is 11.1 Å². The molecule has 1 aliphatic carbocycles. The molecule has 0 bridgehead atoms. The van der Waals surface area contributed by atoms with Crippen LogP contribution in [0.3, 0.4) is 0 Å². The minimum Gasteiger partial charge on any atom is -0.396 e. The summed E-state index contributed by atoms with van der Waals surface area (Å²) in [5.41, 5.74) is 7.84. The molecule has 1 fully saturated rings. The number of nitrogens with one attached hydrogen (secondary N) is 1. The van der Waals surface area contributed by atoms with Gasteiger partial charge in [0.1, 0.15) is 0 Å². The second kappa shape index (κ2) is 8.25. The van der Waals surface area contributed by atoms with E-state index < -0.39 is 0 Å². The molecule has 5 heteroatoms. The van der Waals surface area contributed by atoms with Crippen molar-refractivity contribution in [2.45, 2.75) is 38.1 Å². The Kier molecular flexibility index (Phi) is 6.99. The number of aliphatic hydroxyl groups excluding tert-OH is 1. The van der Waals surface area contributed by atoms with Crippen molar-refractivity contribution in [3.8, 4) is 0 Å². The van der Waals surface area contributed by atoms with Crippen LogP contribution in [0, 0.1) is 5.92 Å². The van der Waals surface area contributed by atoms with Crippen LogP contribution >= 0.6 is 12.4 Å². The van der Waals surface area contributed by atoms with Gasteiger partial charge in [0.25, 0.3) is 0 Å². The first-order valence-electron chi connectivity index (χ1n) is 6.94. The van der Waals surface area contributed by atoms with E-state index in [1.165, 1.54) is 0 Å². The standard InChI is InChI=1S/C15H22N2O2.ClH/c16-14-3-1-2-12(14)10-15(19)17-13-6-4-11(5-7-13)8-9-18;/h4-7,12,14,18H,1-3,8-10,16H2,(H,17,19);1H/t12-,14+;/m0./s1. The second-order valence-corrected chi connectivity index (χ2v) is 5.28. The number of hydrogen-bond acceptors (Lipinski definition) is 3. The van der Waals surface area contributed by atoms with E-state index >= 15 is 0 Å². The molecule has 1 amide bonds. The highest BCUT2D eigenvalue weighted by atomic mass is 35.5. The SMILES string of the molecule is Cl.N[C@@H]1CCC[C@H]1CC(=O)Nc1ccc(CCO)cc1. The molecule has 4 nitrogen and oxygen atoms in total. The van der Waals surface area contributed by atoms with Crippen molar-refractivity contribution in [2.75, 3.05) is 11.9 Å². The summed E-state index contributed by atoms with van der Waals surface area (Å²) < 4.78 is 0. The molecule has 20 heavy (non-hydrogen) atoms. The fourth-order valence-electron chi connectivity index (χ4n) is 2.65. The molecule has 4 N–H and O–H groups in total. The van der Waals surface area contributed by atoms with E-state index in [1.54, 1.807) is 0 Å². The molecule has 112 valence electrons. The highest BCUT2D eigenvalue weighted by Gasteiger charge is 2.25. The predicted octanol–water partition coefficient (Wildman–Crippen LogP) is 2.10. The maximum atomic E-state index is 11.9. The van der Waals surface area contributed by atoms with E-state index in [9.17, 15) is 4.79 Å². The van der Waals surface area contributed by atoms with E-state index in [-0.39, 0.29) is 31.0 Å². The second-order valence-electron chi connectivity index (χ2n) is 5.28. The number of benzene rings is 1. The zero-order chi connectivity index (χ0) is 13.7.